The Labute approximate surface area is 132 Å². The van der Waals surface area contributed by atoms with E-state index in [0.29, 0.717) is 4.99 Å². The van der Waals surface area contributed by atoms with Crippen LogP contribution in [0.3, 0.4) is 0 Å². The van der Waals surface area contributed by atoms with Crippen molar-refractivity contribution < 1.29 is 0 Å². The second-order valence-corrected chi connectivity index (χ2v) is 6.07. The van der Waals surface area contributed by atoms with Gasteiger partial charge < -0.3 is 10.6 Å². The number of anilines is 1. The van der Waals surface area contributed by atoms with Crippen LogP contribution >= 0.6 is 28.1 Å². The smallest absolute Gasteiger partial charge is 0.131 e. The van der Waals surface area contributed by atoms with Crippen molar-refractivity contribution in [2.75, 3.05) is 11.9 Å². The lowest BCUT2D eigenvalue weighted by Gasteiger charge is -2.20. The van der Waals surface area contributed by atoms with Crippen LogP contribution in [0.25, 0.3) is 0 Å². The molecule has 0 amide bonds. The molecule has 1 aromatic carbocycles. The minimum Gasteiger partial charge on any atom is -0.389 e. The highest BCUT2D eigenvalue weighted by Crippen LogP contribution is 2.21. The number of thiocarbonyl (C=S) groups is 1. The summed E-state index contributed by atoms with van der Waals surface area (Å²) in [4.78, 5) is 7.00. The van der Waals surface area contributed by atoms with Crippen molar-refractivity contribution in [3.8, 4) is 0 Å². The minimum atomic E-state index is 0.424. The number of rotatable bonds is 4. The summed E-state index contributed by atoms with van der Waals surface area (Å²) in [5.41, 5.74) is 8.85. The SMILES string of the molecule is Cc1cc(Br)cnc1N(C)Cc1cccc(C(N)=S)c1. The second kappa shape index (κ2) is 6.33. The fourth-order valence-corrected chi connectivity index (χ4v) is 2.68. The van der Waals surface area contributed by atoms with Crippen molar-refractivity contribution in [1.82, 2.24) is 4.98 Å². The molecule has 1 aromatic heterocycles. The molecule has 0 atom stereocenters. The average molecular weight is 350 g/mol. The van der Waals surface area contributed by atoms with E-state index in [4.69, 9.17) is 18.0 Å². The Morgan fingerprint density at radius 1 is 1.40 bits per heavy atom. The Bertz CT molecular complexity index is 643. The summed E-state index contributed by atoms with van der Waals surface area (Å²) in [7, 11) is 2.02. The zero-order valence-electron chi connectivity index (χ0n) is 11.4. The highest BCUT2D eigenvalue weighted by Gasteiger charge is 2.08. The number of halogens is 1. The maximum Gasteiger partial charge on any atom is 0.131 e. The molecule has 2 N–H and O–H groups in total. The first-order valence-corrected chi connectivity index (χ1v) is 7.39. The zero-order valence-corrected chi connectivity index (χ0v) is 13.8. The fraction of sp³-hybridized carbons (Fsp3) is 0.200. The molecule has 0 saturated heterocycles. The number of nitrogens with two attached hydrogens (primary N) is 1. The molecular formula is C15H16BrN3S. The highest BCUT2D eigenvalue weighted by molar-refractivity contribution is 9.10. The number of pyridine rings is 1. The van der Waals surface area contributed by atoms with E-state index in [1.165, 1.54) is 0 Å². The number of aryl methyl sites for hydroxylation is 1. The molecule has 3 nitrogen and oxygen atoms in total. The van der Waals surface area contributed by atoms with E-state index < -0.39 is 0 Å². The van der Waals surface area contributed by atoms with Gasteiger partial charge in [-0.1, -0.05) is 30.4 Å². The van der Waals surface area contributed by atoms with E-state index in [9.17, 15) is 0 Å². The Hall–Kier alpha value is -1.46. The summed E-state index contributed by atoms with van der Waals surface area (Å²) in [5, 5.41) is 0. The van der Waals surface area contributed by atoms with Gasteiger partial charge in [-0.05, 0) is 46.1 Å². The predicted molar refractivity (Wildman–Crippen MR) is 91.1 cm³/mol. The van der Waals surface area contributed by atoms with Gasteiger partial charge in [-0.3, -0.25) is 0 Å². The molecule has 0 spiro atoms. The van der Waals surface area contributed by atoms with Crippen molar-refractivity contribution in [2.24, 2.45) is 5.73 Å². The first-order valence-electron chi connectivity index (χ1n) is 6.19. The first-order chi connectivity index (χ1) is 9.47. The predicted octanol–water partition coefficient (Wildman–Crippen LogP) is 3.42. The third kappa shape index (κ3) is 3.55. The number of nitrogens with zero attached hydrogens (tertiary/aromatic N) is 2. The van der Waals surface area contributed by atoms with Gasteiger partial charge in [-0.2, -0.15) is 0 Å². The van der Waals surface area contributed by atoms with E-state index in [1.807, 2.05) is 31.4 Å². The molecule has 1 heterocycles. The van der Waals surface area contributed by atoms with Crippen LogP contribution in [0.15, 0.2) is 41.0 Å². The summed E-state index contributed by atoms with van der Waals surface area (Å²) in [5.74, 6) is 0.967. The molecule has 0 bridgehead atoms. The Balaban J connectivity index is 2.21. The third-order valence-electron chi connectivity index (χ3n) is 3.01. The Morgan fingerprint density at radius 2 is 2.15 bits per heavy atom. The van der Waals surface area contributed by atoms with E-state index in [1.54, 1.807) is 0 Å². The fourth-order valence-electron chi connectivity index (χ4n) is 2.10. The summed E-state index contributed by atoms with van der Waals surface area (Å²) >= 11 is 8.44. The zero-order chi connectivity index (χ0) is 14.7. The van der Waals surface area contributed by atoms with E-state index in [2.05, 4.69) is 44.9 Å². The van der Waals surface area contributed by atoms with Gasteiger partial charge in [-0.15, -0.1) is 0 Å². The van der Waals surface area contributed by atoms with Crippen molar-refractivity contribution >= 4 is 39.0 Å². The van der Waals surface area contributed by atoms with Crippen molar-refractivity contribution in [1.29, 1.82) is 0 Å². The normalized spacial score (nSPS) is 10.3. The number of aromatic nitrogens is 1. The van der Waals surface area contributed by atoms with Crippen LogP contribution in [0.2, 0.25) is 0 Å². The second-order valence-electron chi connectivity index (χ2n) is 4.71. The maximum absolute atomic E-state index is 5.67. The van der Waals surface area contributed by atoms with Crippen LogP contribution in [0, 0.1) is 6.92 Å². The van der Waals surface area contributed by atoms with Gasteiger partial charge in [0.25, 0.3) is 0 Å². The maximum atomic E-state index is 5.67. The lowest BCUT2D eigenvalue weighted by atomic mass is 10.1. The molecule has 5 heteroatoms. The summed E-state index contributed by atoms with van der Waals surface area (Å²) in [6, 6.07) is 10.0. The molecule has 0 aliphatic heterocycles. The van der Waals surface area contributed by atoms with Crippen LogP contribution < -0.4 is 10.6 Å². The average Bonchev–Trinajstić information content (AvgIpc) is 2.38. The Kier molecular flexibility index (Phi) is 4.73. The Morgan fingerprint density at radius 3 is 2.80 bits per heavy atom. The highest BCUT2D eigenvalue weighted by atomic mass is 79.9. The monoisotopic (exact) mass is 349 g/mol. The molecule has 2 aromatic rings. The summed E-state index contributed by atoms with van der Waals surface area (Å²) < 4.78 is 0.989. The van der Waals surface area contributed by atoms with Crippen LogP contribution in [0.5, 0.6) is 0 Å². The summed E-state index contributed by atoms with van der Waals surface area (Å²) in [6.07, 6.45) is 1.81. The number of hydrogen-bond donors (Lipinski definition) is 1. The van der Waals surface area contributed by atoms with Crippen LogP contribution in [0.4, 0.5) is 5.82 Å². The number of benzene rings is 1. The molecule has 20 heavy (non-hydrogen) atoms. The van der Waals surface area contributed by atoms with Crippen LogP contribution in [-0.4, -0.2) is 17.0 Å². The van der Waals surface area contributed by atoms with Crippen LogP contribution in [0.1, 0.15) is 16.7 Å². The lowest BCUT2D eigenvalue weighted by Crippen LogP contribution is -2.19. The van der Waals surface area contributed by atoms with E-state index in [-0.39, 0.29) is 0 Å². The topological polar surface area (TPSA) is 42.2 Å². The first kappa shape index (κ1) is 14.9. The molecule has 0 saturated carbocycles. The van der Waals surface area contributed by atoms with Gasteiger partial charge in [0.15, 0.2) is 0 Å². The van der Waals surface area contributed by atoms with Gasteiger partial charge in [0.05, 0.1) is 0 Å². The quantitative estimate of drug-likeness (QED) is 0.858. The van der Waals surface area contributed by atoms with Gasteiger partial charge in [0.2, 0.25) is 0 Å². The molecule has 2 rings (SSSR count). The molecule has 0 aliphatic rings. The molecular weight excluding hydrogens is 334 g/mol. The standard InChI is InChI=1S/C15H16BrN3S/c1-10-6-13(16)8-18-15(10)19(2)9-11-4-3-5-12(7-11)14(17)20/h3-8H,9H2,1-2H3,(H2,17,20). The summed E-state index contributed by atoms with van der Waals surface area (Å²) in [6.45, 7) is 2.81. The van der Waals surface area contributed by atoms with Gasteiger partial charge in [0, 0.05) is 29.8 Å². The van der Waals surface area contributed by atoms with Crippen molar-refractivity contribution in [3.63, 3.8) is 0 Å². The molecule has 0 aliphatic carbocycles. The molecule has 104 valence electrons. The number of hydrogen-bond acceptors (Lipinski definition) is 3. The van der Waals surface area contributed by atoms with Gasteiger partial charge >= 0.3 is 0 Å². The molecule has 0 fully saturated rings. The largest absolute Gasteiger partial charge is 0.389 e. The van der Waals surface area contributed by atoms with E-state index in [0.717, 1.165) is 33.5 Å². The van der Waals surface area contributed by atoms with Crippen LogP contribution in [-0.2, 0) is 6.54 Å². The van der Waals surface area contributed by atoms with E-state index >= 15 is 0 Å². The van der Waals surface area contributed by atoms with Gasteiger partial charge in [-0.25, -0.2) is 4.98 Å². The van der Waals surface area contributed by atoms with Crippen molar-refractivity contribution in [2.45, 2.75) is 13.5 Å². The minimum absolute atomic E-state index is 0.424. The molecule has 0 radical (unpaired) electrons. The van der Waals surface area contributed by atoms with Gasteiger partial charge in [0.1, 0.15) is 10.8 Å². The molecule has 0 unspecified atom stereocenters. The lowest BCUT2D eigenvalue weighted by molar-refractivity contribution is 0.889. The van der Waals surface area contributed by atoms with Crippen molar-refractivity contribution in [3.05, 3.63) is 57.7 Å². The third-order valence-corrected chi connectivity index (χ3v) is 3.68.